The van der Waals surface area contributed by atoms with Crippen LogP contribution >= 0.6 is 11.3 Å². The standard InChI is InChI=1S/C22H23N3O4S/c1-11(2)17(25-21(28)12-7-3-4-8-13(12)22(25)29)19(27)24-20-16(18(23)26)14-9-5-6-10-15(14)30-20/h3-4,7-8,11,17H,5-6,9-10H2,1-2H3,(H2,23,26)(H,24,27). The number of carbonyl (C=O) groups is 4. The maximum atomic E-state index is 13.3. The van der Waals surface area contributed by atoms with Crippen molar-refractivity contribution in [2.75, 3.05) is 5.32 Å². The third-order valence-corrected chi connectivity index (χ3v) is 6.87. The lowest BCUT2D eigenvalue weighted by molar-refractivity contribution is -0.121. The van der Waals surface area contributed by atoms with E-state index in [9.17, 15) is 19.2 Å². The molecule has 0 saturated heterocycles. The van der Waals surface area contributed by atoms with Crippen LogP contribution in [0.1, 0.15) is 68.2 Å². The van der Waals surface area contributed by atoms with Crippen LogP contribution in [0.2, 0.25) is 0 Å². The van der Waals surface area contributed by atoms with E-state index in [1.807, 2.05) is 0 Å². The zero-order valence-electron chi connectivity index (χ0n) is 16.9. The van der Waals surface area contributed by atoms with E-state index in [0.717, 1.165) is 41.0 Å². The molecule has 1 aliphatic heterocycles. The molecule has 3 N–H and O–H groups in total. The third-order valence-electron chi connectivity index (χ3n) is 5.66. The number of nitrogens with zero attached hydrogens (tertiary/aromatic N) is 1. The van der Waals surface area contributed by atoms with Crippen molar-refractivity contribution in [1.82, 2.24) is 4.90 Å². The van der Waals surface area contributed by atoms with E-state index < -0.39 is 29.7 Å². The predicted molar refractivity (Wildman–Crippen MR) is 114 cm³/mol. The Kier molecular flexibility index (Phi) is 5.19. The number of benzene rings is 1. The number of rotatable bonds is 5. The summed E-state index contributed by atoms with van der Waals surface area (Å²) in [7, 11) is 0. The van der Waals surface area contributed by atoms with Gasteiger partial charge in [0.25, 0.3) is 17.7 Å². The molecular formula is C22H23N3O4S. The van der Waals surface area contributed by atoms with Crippen LogP contribution in [0.5, 0.6) is 0 Å². The fraction of sp³-hybridized carbons (Fsp3) is 0.364. The second kappa shape index (κ2) is 7.68. The van der Waals surface area contributed by atoms with E-state index in [2.05, 4.69) is 5.32 Å². The Labute approximate surface area is 178 Å². The van der Waals surface area contributed by atoms with Gasteiger partial charge in [0.05, 0.1) is 16.7 Å². The molecule has 7 nitrogen and oxygen atoms in total. The number of amides is 4. The highest BCUT2D eigenvalue weighted by Gasteiger charge is 2.44. The lowest BCUT2D eigenvalue weighted by Crippen LogP contribution is -2.50. The summed E-state index contributed by atoms with van der Waals surface area (Å²) < 4.78 is 0. The molecule has 1 aromatic heterocycles. The number of thiophene rings is 1. The van der Waals surface area contributed by atoms with Crippen LogP contribution < -0.4 is 11.1 Å². The Morgan fingerprint density at radius 1 is 1.07 bits per heavy atom. The van der Waals surface area contributed by atoms with E-state index >= 15 is 0 Å². The first-order valence-electron chi connectivity index (χ1n) is 10.0. The summed E-state index contributed by atoms with van der Waals surface area (Å²) in [6, 6.07) is 5.55. The second-order valence-electron chi connectivity index (χ2n) is 7.98. The smallest absolute Gasteiger partial charge is 0.262 e. The summed E-state index contributed by atoms with van der Waals surface area (Å²) in [6.45, 7) is 3.56. The minimum Gasteiger partial charge on any atom is -0.365 e. The molecule has 4 rings (SSSR count). The number of hydrogen-bond donors (Lipinski definition) is 2. The first-order valence-corrected chi connectivity index (χ1v) is 10.8. The largest absolute Gasteiger partial charge is 0.365 e. The number of hydrogen-bond acceptors (Lipinski definition) is 5. The molecule has 1 aromatic carbocycles. The number of primary amides is 1. The van der Waals surface area contributed by atoms with Crippen LogP contribution in [-0.4, -0.2) is 34.6 Å². The highest BCUT2D eigenvalue weighted by molar-refractivity contribution is 7.17. The number of aryl methyl sites for hydroxylation is 1. The Bertz CT molecular complexity index is 1040. The molecule has 2 heterocycles. The second-order valence-corrected chi connectivity index (χ2v) is 9.09. The highest BCUT2D eigenvalue weighted by Crippen LogP contribution is 2.38. The van der Waals surface area contributed by atoms with Gasteiger partial charge in [-0.1, -0.05) is 26.0 Å². The summed E-state index contributed by atoms with van der Waals surface area (Å²) in [4.78, 5) is 53.3. The molecule has 2 aliphatic rings. The normalized spacial score (nSPS) is 16.4. The molecule has 0 bridgehead atoms. The lowest BCUT2D eigenvalue weighted by Gasteiger charge is -2.28. The van der Waals surface area contributed by atoms with Crippen molar-refractivity contribution in [2.24, 2.45) is 11.7 Å². The topological polar surface area (TPSA) is 110 Å². The molecule has 0 fully saturated rings. The van der Waals surface area contributed by atoms with Crippen molar-refractivity contribution in [2.45, 2.75) is 45.6 Å². The Morgan fingerprint density at radius 2 is 1.67 bits per heavy atom. The monoisotopic (exact) mass is 425 g/mol. The van der Waals surface area contributed by atoms with E-state index in [1.165, 1.54) is 11.3 Å². The van der Waals surface area contributed by atoms with Gasteiger partial charge in [0.1, 0.15) is 11.0 Å². The van der Waals surface area contributed by atoms with Crippen molar-refractivity contribution in [1.29, 1.82) is 0 Å². The van der Waals surface area contributed by atoms with Gasteiger partial charge in [-0.3, -0.25) is 24.1 Å². The van der Waals surface area contributed by atoms with E-state index in [-0.39, 0.29) is 5.92 Å². The Balaban J connectivity index is 1.67. The minimum atomic E-state index is -1.00. The van der Waals surface area contributed by atoms with Gasteiger partial charge < -0.3 is 11.1 Å². The summed E-state index contributed by atoms with van der Waals surface area (Å²) >= 11 is 1.36. The fourth-order valence-electron chi connectivity index (χ4n) is 4.28. The first kappa shape index (κ1) is 20.3. The molecule has 2 aromatic rings. The molecular weight excluding hydrogens is 402 g/mol. The van der Waals surface area contributed by atoms with Gasteiger partial charge in [-0.2, -0.15) is 0 Å². The molecule has 30 heavy (non-hydrogen) atoms. The van der Waals surface area contributed by atoms with E-state index in [4.69, 9.17) is 5.73 Å². The van der Waals surface area contributed by atoms with E-state index in [0.29, 0.717) is 21.7 Å². The summed E-state index contributed by atoms with van der Waals surface area (Å²) in [6.07, 6.45) is 3.61. The number of nitrogens with one attached hydrogen (secondary N) is 1. The number of fused-ring (bicyclic) bond motifs is 2. The van der Waals surface area contributed by atoms with Crippen molar-refractivity contribution < 1.29 is 19.2 Å². The molecule has 0 saturated carbocycles. The average molecular weight is 426 g/mol. The van der Waals surface area contributed by atoms with Crippen LogP contribution in [0.3, 0.4) is 0 Å². The Hall–Kier alpha value is -3.00. The van der Waals surface area contributed by atoms with Crippen LogP contribution in [0.4, 0.5) is 5.00 Å². The zero-order valence-corrected chi connectivity index (χ0v) is 17.7. The van der Waals surface area contributed by atoms with Crippen LogP contribution in [0.15, 0.2) is 24.3 Å². The SMILES string of the molecule is CC(C)C(C(=O)Nc1sc2c(c1C(N)=O)CCCC2)N1C(=O)c2ccccc2C1=O. The van der Waals surface area contributed by atoms with Gasteiger partial charge in [-0.15, -0.1) is 11.3 Å². The maximum absolute atomic E-state index is 13.3. The Morgan fingerprint density at radius 3 is 2.23 bits per heavy atom. The zero-order chi connectivity index (χ0) is 21.6. The summed E-state index contributed by atoms with van der Waals surface area (Å²) in [5.74, 6) is -2.36. The van der Waals surface area contributed by atoms with Crippen molar-refractivity contribution in [3.8, 4) is 0 Å². The van der Waals surface area contributed by atoms with Gasteiger partial charge in [0.2, 0.25) is 5.91 Å². The highest BCUT2D eigenvalue weighted by atomic mass is 32.1. The molecule has 1 unspecified atom stereocenters. The molecule has 8 heteroatoms. The molecule has 4 amide bonds. The van der Waals surface area contributed by atoms with Gasteiger partial charge in [-0.25, -0.2) is 0 Å². The summed E-state index contributed by atoms with van der Waals surface area (Å²) in [5.41, 5.74) is 7.48. The first-order chi connectivity index (χ1) is 14.3. The van der Waals surface area contributed by atoms with Crippen LogP contribution in [0, 0.1) is 5.92 Å². The number of nitrogens with two attached hydrogens (primary N) is 1. The predicted octanol–water partition coefficient (Wildman–Crippen LogP) is 2.99. The van der Waals surface area contributed by atoms with Gasteiger partial charge in [-0.05, 0) is 49.3 Å². The third kappa shape index (κ3) is 3.21. The van der Waals surface area contributed by atoms with E-state index in [1.54, 1.807) is 38.1 Å². The van der Waals surface area contributed by atoms with Crippen molar-refractivity contribution >= 4 is 40.0 Å². The molecule has 0 spiro atoms. The quantitative estimate of drug-likeness (QED) is 0.718. The molecule has 156 valence electrons. The number of imide groups is 1. The van der Waals surface area contributed by atoms with Crippen LogP contribution in [-0.2, 0) is 17.6 Å². The minimum absolute atomic E-state index is 0.297. The molecule has 1 aliphatic carbocycles. The molecule has 1 atom stereocenters. The molecule has 0 radical (unpaired) electrons. The van der Waals surface area contributed by atoms with Crippen LogP contribution in [0.25, 0.3) is 0 Å². The van der Waals surface area contributed by atoms with Crippen molar-refractivity contribution in [3.05, 3.63) is 51.4 Å². The lowest BCUT2D eigenvalue weighted by atomic mass is 9.95. The van der Waals surface area contributed by atoms with Gasteiger partial charge in [0.15, 0.2) is 0 Å². The fourth-order valence-corrected chi connectivity index (χ4v) is 5.58. The van der Waals surface area contributed by atoms with Crippen molar-refractivity contribution in [3.63, 3.8) is 0 Å². The average Bonchev–Trinajstić information content (AvgIpc) is 3.18. The maximum Gasteiger partial charge on any atom is 0.262 e. The van der Waals surface area contributed by atoms with Gasteiger partial charge in [0, 0.05) is 4.88 Å². The van der Waals surface area contributed by atoms with Gasteiger partial charge >= 0.3 is 0 Å². The number of carbonyl (C=O) groups excluding carboxylic acids is 4. The summed E-state index contributed by atoms with van der Waals surface area (Å²) in [5, 5.41) is 3.21. The number of anilines is 1.